The van der Waals surface area contributed by atoms with Gasteiger partial charge in [0.2, 0.25) is 10.0 Å². The van der Waals surface area contributed by atoms with Crippen LogP contribution in [-0.4, -0.2) is 31.4 Å². The lowest BCUT2D eigenvalue weighted by Gasteiger charge is -2.18. The van der Waals surface area contributed by atoms with Gasteiger partial charge in [-0.1, -0.05) is 0 Å². The maximum Gasteiger partial charge on any atom is 0.308 e. The summed E-state index contributed by atoms with van der Waals surface area (Å²) in [5.74, 6) is -2.35. The minimum Gasteiger partial charge on any atom is -0.481 e. The molecule has 0 bridgehead atoms. The minimum absolute atomic E-state index is 0.114. The van der Waals surface area contributed by atoms with E-state index in [9.17, 15) is 18.0 Å². The van der Waals surface area contributed by atoms with Crippen LogP contribution in [0, 0.1) is 19.8 Å². The van der Waals surface area contributed by atoms with Crippen molar-refractivity contribution in [3.63, 3.8) is 0 Å². The van der Waals surface area contributed by atoms with E-state index < -0.39 is 33.9 Å². The van der Waals surface area contributed by atoms with Gasteiger partial charge in [-0.2, -0.15) is 0 Å². The third-order valence-corrected chi connectivity index (χ3v) is 4.72. The number of aliphatic carboxylic acids is 1. The van der Waals surface area contributed by atoms with Gasteiger partial charge >= 0.3 is 5.97 Å². The number of carboxylic acids is 1. The Morgan fingerprint density at radius 3 is 2.23 bits per heavy atom. The molecule has 1 rings (SSSR count). The molecule has 0 saturated heterocycles. The van der Waals surface area contributed by atoms with E-state index in [0.717, 1.165) is 0 Å². The van der Waals surface area contributed by atoms with Gasteiger partial charge in [-0.25, -0.2) is 13.6 Å². The van der Waals surface area contributed by atoms with Crippen LogP contribution in [0.4, 0.5) is 0 Å². The summed E-state index contributed by atoms with van der Waals surface area (Å²) < 4.78 is 23.1. The average molecular weight is 328 g/mol. The second-order valence-corrected chi connectivity index (χ2v) is 6.88. The van der Waals surface area contributed by atoms with E-state index in [1.165, 1.54) is 19.1 Å². The van der Waals surface area contributed by atoms with Gasteiger partial charge in [0.25, 0.3) is 5.91 Å². The third kappa shape index (κ3) is 4.05. The Kier molecular flexibility index (Phi) is 5.31. The number of hydrogen-bond acceptors (Lipinski definition) is 4. The van der Waals surface area contributed by atoms with Gasteiger partial charge < -0.3 is 10.4 Å². The van der Waals surface area contributed by atoms with Crippen molar-refractivity contribution in [3.05, 3.63) is 28.8 Å². The number of carbonyl (C=O) groups excluding carboxylic acids is 1. The van der Waals surface area contributed by atoms with Crippen molar-refractivity contribution in [2.75, 3.05) is 0 Å². The third-order valence-electron chi connectivity index (χ3n) is 3.69. The summed E-state index contributed by atoms with van der Waals surface area (Å²) in [6, 6.07) is 2.13. The largest absolute Gasteiger partial charge is 0.481 e. The monoisotopic (exact) mass is 328 g/mol. The molecule has 0 aliphatic carbocycles. The number of nitrogens with two attached hydrogens (primary N) is 1. The molecule has 0 spiro atoms. The summed E-state index contributed by atoms with van der Waals surface area (Å²) in [4.78, 5) is 23.0. The number of aryl methyl sites for hydroxylation is 1. The molecule has 1 aromatic rings. The molecule has 0 aliphatic heterocycles. The van der Waals surface area contributed by atoms with E-state index >= 15 is 0 Å². The standard InChI is InChI=1S/C14H20N2O5S/c1-7-5-11(6-12(8(7)2)22(15,20)21)13(17)16-10(4)9(3)14(18)19/h5-6,9-10H,1-4H3,(H,16,17)(H,18,19)(H2,15,20,21). The molecule has 0 saturated carbocycles. The zero-order valence-electron chi connectivity index (χ0n) is 12.9. The molecular formula is C14H20N2O5S. The Morgan fingerprint density at radius 1 is 1.23 bits per heavy atom. The van der Waals surface area contributed by atoms with Crippen molar-refractivity contribution in [2.24, 2.45) is 11.1 Å². The normalized spacial score (nSPS) is 14.2. The fourth-order valence-electron chi connectivity index (χ4n) is 1.88. The lowest BCUT2D eigenvalue weighted by atomic mass is 10.0. The molecule has 8 heteroatoms. The summed E-state index contributed by atoms with van der Waals surface area (Å²) in [5.41, 5.74) is 1.21. The summed E-state index contributed by atoms with van der Waals surface area (Å²) in [6.07, 6.45) is 0. The van der Waals surface area contributed by atoms with Crippen LogP contribution in [0.1, 0.15) is 35.3 Å². The van der Waals surface area contributed by atoms with E-state index in [1.54, 1.807) is 20.8 Å². The molecule has 1 aromatic carbocycles. The summed E-state index contributed by atoms with van der Waals surface area (Å²) in [7, 11) is -3.94. The van der Waals surface area contributed by atoms with Crippen molar-refractivity contribution in [1.29, 1.82) is 0 Å². The number of amides is 1. The lowest BCUT2D eigenvalue weighted by molar-refractivity contribution is -0.141. The molecule has 0 aliphatic rings. The SMILES string of the molecule is Cc1cc(C(=O)NC(C)C(C)C(=O)O)cc(S(N)(=O)=O)c1C. The Bertz CT molecular complexity index is 712. The van der Waals surface area contributed by atoms with E-state index in [2.05, 4.69) is 5.32 Å². The van der Waals surface area contributed by atoms with Crippen LogP contribution in [-0.2, 0) is 14.8 Å². The van der Waals surface area contributed by atoms with Crippen molar-refractivity contribution in [3.8, 4) is 0 Å². The van der Waals surface area contributed by atoms with Crippen LogP contribution in [0.25, 0.3) is 0 Å². The molecule has 1 amide bonds. The van der Waals surface area contributed by atoms with Gasteiger partial charge in [0.05, 0.1) is 10.8 Å². The van der Waals surface area contributed by atoms with Crippen LogP contribution < -0.4 is 10.5 Å². The fourth-order valence-corrected chi connectivity index (χ4v) is 2.76. The molecule has 0 fully saturated rings. The Morgan fingerprint density at radius 2 is 1.77 bits per heavy atom. The number of rotatable bonds is 5. The maximum absolute atomic E-state index is 12.2. The number of hydrogen-bond donors (Lipinski definition) is 3. The first-order valence-corrected chi connectivity index (χ1v) is 8.17. The molecule has 22 heavy (non-hydrogen) atoms. The zero-order valence-corrected chi connectivity index (χ0v) is 13.7. The van der Waals surface area contributed by atoms with E-state index in [-0.39, 0.29) is 10.5 Å². The predicted molar refractivity (Wildman–Crippen MR) is 81.0 cm³/mol. The Labute approximate surface area is 129 Å². The highest BCUT2D eigenvalue weighted by Gasteiger charge is 2.23. The first kappa shape index (κ1) is 18.1. The molecule has 2 atom stereocenters. The molecule has 2 unspecified atom stereocenters. The lowest BCUT2D eigenvalue weighted by Crippen LogP contribution is -2.40. The first-order chi connectivity index (χ1) is 9.95. The molecular weight excluding hydrogens is 308 g/mol. The van der Waals surface area contributed by atoms with E-state index in [1.807, 2.05) is 0 Å². The maximum atomic E-state index is 12.2. The fraction of sp³-hybridized carbons (Fsp3) is 0.429. The molecule has 122 valence electrons. The van der Waals surface area contributed by atoms with Crippen LogP contribution in [0.15, 0.2) is 17.0 Å². The Balaban J connectivity index is 3.15. The number of carboxylic acid groups (broad SMARTS) is 1. The zero-order chi connectivity index (χ0) is 17.2. The van der Waals surface area contributed by atoms with Crippen molar-refractivity contribution >= 4 is 21.9 Å². The van der Waals surface area contributed by atoms with E-state index in [4.69, 9.17) is 10.2 Å². The highest BCUT2D eigenvalue weighted by atomic mass is 32.2. The van der Waals surface area contributed by atoms with Gasteiger partial charge in [-0.15, -0.1) is 0 Å². The molecule has 4 N–H and O–H groups in total. The second-order valence-electron chi connectivity index (χ2n) is 5.35. The molecule has 0 radical (unpaired) electrons. The van der Waals surface area contributed by atoms with Crippen molar-refractivity contribution < 1.29 is 23.1 Å². The highest BCUT2D eigenvalue weighted by Crippen LogP contribution is 2.20. The smallest absolute Gasteiger partial charge is 0.308 e. The van der Waals surface area contributed by atoms with E-state index in [0.29, 0.717) is 11.1 Å². The predicted octanol–water partition coefficient (Wildman–Crippen LogP) is 0.790. The number of sulfonamides is 1. The van der Waals surface area contributed by atoms with Crippen LogP contribution in [0.3, 0.4) is 0 Å². The van der Waals surface area contributed by atoms with Gasteiger partial charge in [0, 0.05) is 11.6 Å². The minimum atomic E-state index is -3.94. The van der Waals surface area contributed by atoms with Gasteiger partial charge in [0.15, 0.2) is 0 Å². The van der Waals surface area contributed by atoms with Crippen LogP contribution in [0.2, 0.25) is 0 Å². The van der Waals surface area contributed by atoms with Crippen molar-refractivity contribution in [1.82, 2.24) is 5.32 Å². The summed E-state index contributed by atoms with van der Waals surface area (Å²) in [6.45, 7) is 6.32. The first-order valence-electron chi connectivity index (χ1n) is 6.63. The van der Waals surface area contributed by atoms with Gasteiger partial charge in [-0.3, -0.25) is 9.59 Å². The second kappa shape index (κ2) is 6.45. The molecule has 0 heterocycles. The number of benzene rings is 1. The summed E-state index contributed by atoms with van der Waals surface area (Å²) >= 11 is 0. The average Bonchev–Trinajstić information content (AvgIpc) is 2.38. The van der Waals surface area contributed by atoms with Gasteiger partial charge in [-0.05, 0) is 51.0 Å². The highest BCUT2D eigenvalue weighted by molar-refractivity contribution is 7.89. The van der Waals surface area contributed by atoms with Gasteiger partial charge in [0.1, 0.15) is 0 Å². The van der Waals surface area contributed by atoms with Crippen LogP contribution >= 0.6 is 0 Å². The summed E-state index contributed by atoms with van der Waals surface area (Å²) in [5, 5.41) is 16.6. The Hall–Kier alpha value is -1.93. The molecule has 0 aromatic heterocycles. The van der Waals surface area contributed by atoms with Crippen molar-refractivity contribution in [2.45, 2.75) is 38.6 Å². The number of primary sulfonamides is 1. The van der Waals surface area contributed by atoms with Crippen LogP contribution in [0.5, 0.6) is 0 Å². The molecule has 7 nitrogen and oxygen atoms in total. The quantitative estimate of drug-likeness (QED) is 0.736. The number of nitrogens with one attached hydrogen (secondary N) is 1. The topological polar surface area (TPSA) is 127 Å². The number of carbonyl (C=O) groups is 2.